The molecule has 1 rings (SSSR count). The highest BCUT2D eigenvalue weighted by Crippen LogP contribution is 2.24. The van der Waals surface area contributed by atoms with Gasteiger partial charge in [0.1, 0.15) is 0 Å². The van der Waals surface area contributed by atoms with Gasteiger partial charge in [0.25, 0.3) is 0 Å². The van der Waals surface area contributed by atoms with Crippen LogP contribution in [0.15, 0.2) is 0 Å². The molecule has 0 saturated heterocycles. The fourth-order valence-electron chi connectivity index (χ4n) is 2.19. The van der Waals surface area contributed by atoms with Crippen molar-refractivity contribution in [3.8, 4) is 0 Å². The van der Waals surface area contributed by atoms with Gasteiger partial charge in [0.15, 0.2) is 0 Å². The first-order chi connectivity index (χ1) is 7.46. The monoisotopic (exact) mass is 228 g/mol. The van der Waals surface area contributed by atoms with Gasteiger partial charge < -0.3 is 15.8 Å². The summed E-state index contributed by atoms with van der Waals surface area (Å²) in [5.74, 6) is 0.0789. The lowest BCUT2D eigenvalue weighted by molar-refractivity contribution is -0.126. The van der Waals surface area contributed by atoms with Crippen molar-refractivity contribution in [2.45, 2.75) is 51.7 Å². The predicted octanol–water partition coefficient (Wildman–Crippen LogP) is 1.05. The lowest BCUT2D eigenvalue weighted by Crippen LogP contribution is -2.45. The minimum Gasteiger partial charge on any atom is -0.374 e. The third kappa shape index (κ3) is 3.76. The fourth-order valence-corrected chi connectivity index (χ4v) is 2.19. The van der Waals surface area contributed by atoms with E-state index in [1.165, 1.54) is 0 Å². The summed E-state index contributed by atoms with van der Waals surface area (Å²) in [6.07, 6.45) is 2.95. The molecule has 4 heteroatoms. The highest BCUT2D eigenvalue weighted by molar-refractivity contribution is 5.79. The van der Waals surface area contributed by atoms with E-state index in [4.69, 9.17) is 10.5 Å². The van der Waals surface area contributed by atoms with E-state index in [1.54, 1.807) is 0 Å². The molecule has 0 radical (unpaired) electrons. The van der Waals surface area contributed by atoms with E-state index in [0.29, 0.717) is 13.2 Å². The van der Waals surface area contributed by atoms with Crippen LogP contribution in [0.2, 0.25) is 0 Å². The second-order valence-electron chi connectivity index (χ2n) is 5.11. The summed E-state index contributed by atoms with van der Waals surface area (Å²) in [5.41, 5.74) is 5.59. The Labute approximate surface area is 97.9 Å². The summed E-state index contributed by atoms with van der Waals surface area (Å²) in [7, 11) is 0. The van der Waals surface area contributed by atoms with Crippen LogP contribution in [0.25, 0.3) is 0 Å². The third-order valence-electron chi connectivity index (χ3n) is 3.13. The van der Waals surface area contributed by atoms with Gasteiger partial charge in [-0.3, -0.25) is 4.79 Å². The van der Waals surface area contributed by atoms with Crippen molar-refractivity contribution in [2.75, 3.05) is 13.2 Å². The Bertz CT molecular complexity index is 241. The molecule has 1 saturated carbocycles. The van der Waals surface area contributed by atoms with Crippen molar-refractivity contribution in [3.63, 3.8) is 0 Å². The number of hydrogen-bond acceptors (Lipinski definition) is 3. The lowest BCUT2D eigenvalue weighted by Gasteiger charge is -2.26. The van der Waals surface area contributed by atoms with Crippen LogP contribution in [0, 0.1) is 5.92 Å². The Kier molecular flexibility index (Phi) is 4.74. The van der Waals surface area contributed by atoms with Gasteiger partial charge in [0.2, 0.25) is 5.91 Å². The van der Waals surface area contributed by atoms with Crippen LogP contribution in [-0.2, 0) is 9.53 Å². The van der Waals surface area contributed by atoms with E-state index in [-0.39, 0.29) is 23.5 Å². The van der Waals surface area contributed by atoms with Crippen LogP contribution in [0.1, 0.15) is 40.0 Å². The normalized spacial score (nSPS) is 25.8. The summed E-state index contributed by atoms with van der Waals surface area (Å²) in [4.78, 5) is 11.9. The van der Waals surface area contributed by atoms with Crippen LogP contribution in [0.5, 0.6) is 0 Å². The molecule has 1 fully saturated rings. The molecule has 0 aromatic rings. The van der Waals surface area contributed by atoms with Gasteiger partial charge in [-0.05, 0) is 33.6 Å². The van der Waals surface area contributed by atoms with Gasteiger partial charge in [-0.15, -0.1) is 0 Å². The van der Waals surface area contributed by atoms with Gasteiger partial charge in [-0.25, -0.2) is 0 Å². The molecule has 1 aliphatic carbocycles. The maximum absolute atomic E-state index is 11.9. The summed E-state index contributed by atoms with van der Waals surface area (Å²) in [6, 6.07) is 0.0372. The van der Waals surface area contributed by atoms with Gasteiger partial charge >= 0.3 is 0 Å². The van der Waals surface area contributed by atoms with Crippen LogP contribution < -0.4 is 11.1 Å². The quantitative estimate of drug-likeness (QED) is 0.739. The predicted molar refractivity (Wildman–Crippen MR) is 64.0 cm³/mol. The fraction of sp³-hybridized carbons (Fsp3) is 0.917. The number of hydrogen-bond donors (Lipinski definition) is 2. The Morgan fingerprint density at radius 3 is 2.69 bits per heavy atom. The Morgan fingerprint density at radius 2 is 2.19 bits per heavy atom. The minimum absolute atomic E-state index is 0.00238. The van der Waals surface area contributed by atoms with E-state index in [0.717, 1.165) is 19.3 Å². The third-order valence-corrected chi connectivity index (χ3v) is 3.13. The highest BCUT2D eigenvalue weighted by Gasteiger charge is 2.31. The molecule has 0 aromatic carbocycles. The second kappa shape index (κ2) is 5.64. The van der Waals surface area contributed by atoms with Crippen molar-refractivity contribution in [2.24, 2.45) is 11.7 Å². The first kappa shape index (κ1) is 13.5. The van der Waals surface area contributed by atoms with Crippen molar-refractivity contribution in [1.82, 2.24) is 5.32 Å². The maximum Gasteiger partial charge on any atom is 0.224 e. The lowest BCUT2D eigenvalue weighted by atomic mass is 10.0. The molecule has 2 atom stereocenters. The van der Waals surface area contributed by atoms with Crippen LogP contribution >= 0.6 is 0 Å². The zero-order valence-electron chi connectivity index (χ0n) is 10.6. The van der Waals surface area contributed by atoms with Gasteiger partial charge in [0.05, 0.1) is 11.5 Å². The summed E-state index contributed by atoms with van der Waals surface area (Å²) >= 11 is 0. The smallest absolute Gasteiger partial charge is 0.224 e. The molecule has 0 spiro atoms. The van der Waals surface area contributed by atoms with Crippen molar-refractivity contribution < 1.29 is 9.53 Å². The number of carbonyl (C=O) groups excluding carboxylic acids is 1. The largest absolute Gasteiger partial charge is 0.374 e. The number of rotatable bonds is 5. The van der Waals surface area contributed by atoms with Crippen LogP contribution in [-0.4, -0.2) is 30.7 Å². The standard InChI is InChI=1S/C12H24N2O2/c1-4-16-12(2,3)8-14-11(15)9-6-5-7-10(9)13/h9-10H,4-8,13H2,1-3H3,(H,14,15). The number of nitrogens with one attached hydrogen (secondary N) is 1. The number of nitrogens with two attached hydrogens (primary N) is 1. The first-order valence-electron chi connectivity index (χ1n) is 6.13. The zero-order chi connectivity index (χ0) is 12.2. The molecule has 2 unspecified atom stereocenters. The van der Waals surface area contributed by atoms with Crippen LogP contribution in [0.4, 0.5) is 0 Å². The Morgan fingerprint density at radius 1 is 1.50 bits per heavy atom. The SMILES string of the molecule is CCOC(C)(C)CNC(=O)C1CCCC1N. The number of ether oxygens (including phenoxy) is 1. The average Bonchev–Trinajstić information content (AvgIpc) is 2.61. The molecule has 3 N–H and O–H groups in total. The second-order valence-corrected chi connectivity index (χ2v) is 5.11. The molecule has 0 heterocycles. The maximum atomic E-state index is 11.9. The van der Waals surface area contributed by atoms with E-state index in [9.17, 15) is 4.79 Å². The van der Waals surface area contributed by atoms with Crippen LogP contribution in [0.3, 0.4) is 0 Å². The molecule has 94 valence electrons. The first-order valence-corrected chi connectivity index (χ1v) is 6.13. The number of amides is 1. The molecular weight excluding hydrogens is 204 g/mol. The topological polar surface area (TPSA) is 64.3 Å². The van der Waals surface area contributed by atoms with E-state index < -0.39 is 0 Å². The highest BCUT2D eigenvalue weighted by atomic mass is 16.5. The molecule has 0 aliphatic heterocycles. The van der Waals surface area contributed by atoms with E-state index in [1.807, 2.05) is 20.8 Å². The molecule has 0 bridgehead atoms. The van der Waals surface area contributed by atoms with E-state index >= 15 is 0 Å². The molecule has 16 heavy (non-hydrogen) atoms. The summed E-state index contributed by atoms with van der Waals surface area (Å²) in [6.45, 7) is 7.11. The molecule has 4 nitrogen and oxygen atoms in total. The summed E-state index contributed by atoms with van der Waals surface area (Å²) < 4.78 is 5.52. The van der Waals surface area contributed by atoms with Gasteiger partial charge in [-0.2, -0.15) is 0 Å². The molecule has 1 aliphatic rings. The zero-order valence-corrected chi connectivity index (χ0v) is 10.6. The molecule has 0 aromatic heterocycles. The minimum atomic E-state index is -0.299. The summed E-state index contributed by atoms with van der Waals surface area (Å²) in [5, 5.41) is 2.94. The Balaban J connectivity index is 2.34. The average molecular weight is 228 g/mol. The van der Waals surface area contributed by atoms with Gasteiger partial charge in [-0.1, -0.05) is 6.42 Å². The van der Waals surface area contributed by atoms with Gasteiger partial charge in [0, 0.05) is 19.2 Å². The van der Waals surface area contributed by atoms with Crippen molar-refractivity contribution in [1.29, 1.82) is 0 Å². The Hall–Kier alpha value is -0.610. The number of carbonyl (C=O) groups is 1. The molecule has 1 amide bonds. The molecular formula is C12H24N2O2. The van der Waals surface area contributed by atoms with Crippen molar-refractivity contribution in [3.05, 3.63) is 0 Å². The van der Waals surface area contributed by atoms with E-state index in [2.05, 4.69) is 5.32 Å². The van der Waals surface area contributed by atoms with Crippen molar-refractivity contribution >= 4 is 5.91 Å².